The lowest BCUT2D eigenvalue weighted by atomic mass is 9.89. The van der Waals surface area contributed by atoms with Crippen molar-refractivity contribution in [2.45, 2.75) is 58.9 Å². The van der Waals surface area contributed by atoms with E-state index in [1.165, 1.54) is 0 Å². The molecule has 1 amide bonds. The van der Waals surface area contributed by atoms with Crippen LogP contribution < -0.4 is 10.6 Å². The maximum absolute atomic E-state index is 12.4. The monoisotopic (exact) mass is 277 g/mol. The molecular weight excluding hydrogens is 250 g/mol. The third kappa shape index (κ3) is 4.22. The topological polar surface area (TPSA) is 54.0 Å². The zero-order valence-electron chi connectivity index (χ0n) is 13.1. The van der Waals surface area contributed by atoms with E-state index >= 15 is 0 Å². The van der Waals surface area contributed by atoms with Crippen molar-refractivity contribution < 1.29 is 4.79 Å². The molecule has 4 nitrogen and oxygen atoms in total. The predicted molar refractivity (Wildman–Crippen MR) is 84.1 cm³/mol. The summed E-state index contributed by atoms with van der Waals surface area (Å²) in [5.74, 6) is -0.0873. The summed E-state index contributed by atoms with van der Waals surface area (Å²) in [6.45, 7) is 9.34. The number of nitrogens with one attached hydrogen (secondary N) is 2. The minimum Gasteiger partial charge on any atom is -0.385 e. The highest BCUT2D eigenvalue weighted by atomic mass is 16.2. The van der Waals surface area contributed by atoms with E-state index in [0.29, 0.717) is 5.69 Å². The van der Waals surface area contributed by atoms with E-state index in [2.05, 4.69) is 43.3 Å². The van der Waals surface area contributed by atoms with Gasteiger partial charge >= 0.3 is 0 Å². The maximum atomic E-state index is 12.4. The molecule has 0 aliphatic rings. The van der Waals surface area contributed by atoms with E-state index in [0.717, 1.165) is 37.9 Å². The third-order valence-corrected chi connectivity index (χ3v) is 3.98. The number of amides is 1. The molecule has 0 saturated heterocycles. The molecule has 0 radical (unpaired) electrons. The van der Waals surface area contributed by atoms with Gasteiger partial charge in [0, 0.05) is 24.0 Å². The van der Waals surface area contributed by atoms with Crippen molar-refractivity contribution in [1.82, 2.24) is 10.3 Å². The van der Waals surface area contributed by atoms with Gasteiger partial charge in [0.15, 0.2) is 0 Å². The lowest BCUT2D eigenvalue weighted by Crippen LogP contribution is -2.47. The van der Waals surface area contributed by atoms with Gasteiger partial charge in [-0.3, -0.25) is 9.78 Å². The van der Waals surface area contributed by atoms with Crippen LogP contribution in [0.2, 0.25) is 0 Å². The molecule has 0 aliphatic heterocycles. The Hall–Kier alpha value is -1.58. The first kappa shape index (κ1) is 16.5. The molecule has 1 aromatic rings. The number of hydrogen-bond donors (Lipinski definition) is 2. The largest absolute Gasteiger partial charge is 0.385 e. The van der Waals surface area contributed by atoms with Gasteiger partial charge in [-0.15, -0.1) is 0 Å². The number of nitrogens with zero attached hydrogens (tertiary/aromatic N) is 1. The van der Waals surface area contributed by atoms with E-state index in [1.54, 1.807) is 6.20 Å². The van der Waals surface area contributed by atoms with Crippen molar-refractivity contribution in [1.29, 1.82) is 0 Å². The van der Waals surface area contributed by atoms with Crippen LogP contribution in [0.25, 0.3) is 0 Å². The van der Waals surface area contributed by atoms with Crippen LogP contribution in [0.5, 0.6) is 0 Å². The molecule has 0 bridgehead atoms. The van der Waals surface area contributed by atoms with Crippen LogP contribution in [-0.2, 0) is 0 Å². The number of aromatic nitrogens is 1. The van der Waals surface area contributed by atoms with Crippen molar-refractivity contribution in [3.8, 4) is 0 Å². The zero-order chi connectivity index (χ0) is 15.0. The first-order valence-electron chi connectivity index (χ1n) is 7.63. The Morgan fingerprint density at radius 3 is 2.40 bits per heavy atom. The molecule has 0 saturated carbocycles. The summed E-state index contributed by atoms with van der Waals surface area (Å²) in [6, 6.07) is 3.70. The van der Waals surface area contributed by atoms with Crippen molar-refractivity contribution in [3.63, 3.8) is 0 Å². The maximum Gasteiger partial charge on any atom is 0.270 e. The molecule has 0 aliphatic carbocycles. The fourth-order valence-corrected chi connectivity index (χ4v) is 2.25. The Labute approximate surface area is 122 Å². The number of carbonyl (C=O) groups is 1. The number of hydrogen-bond acceptors (Lipinski definition) is 3. The standard InChI is InChI=1S/C16H27N3O/c1-5-10-17-13-9-11-18-14(12-13)15(20)19-16(6-2,7-3)8-4/h9,11-12H,5-8,10H2,1-4H3,(H,17,18)(H,19,20). The summed E-state index contributed by atoms with van der Waals surface area (Å²) < 4.78 is 0. The van der Waals surface area contributed by atoms with E-state index < -0.39 is 0 Å². The molecule has 0 unspecified atom stereocenters. The van der Waals surface area contributed by atoms with Crippen LogP contribution in [0, 0.1) is 0 Å². The van der Waals surface area contributed by atoms with Gasteiger partial charge in [0.05, 0.1) is 0 Å². The van der Waals surface area contributed by atoms with Crippen LogP contribution in [0.15, 0.2) is 18.3 Å². The molecule has 20 heavy (non-hydrogen) atoms. The number of anilines is 1. The van der Waals surface area contributed by atoms with Crippen LogP contribution in [-0.4, -0.2) is 23.0 Å². The van der Waals surface area contributed by atoms with Gasteiger partial charge in [-0.05, 0) is 37.8 Å². The highest BCUT2D eigenvalue weighted by Crippen LogP contribution is 2.20. The summed E-state index contributed by atoms with van der Waals surface area (Å²) in [6.07, 6.45) is 5.52. The van der Waals surface area contributed by atoms with Gasteiger partial charge in [0.25, 0.3) is 5.91 Å². The summed E-state index contributed by atoms with van der Waals surface area (Å²) in [4.78, 5) is 16.5. The fraction of sp³-hybridized carbons (Fsp3) is 0.625. The fourth-order valence-electron chi connectivity index (χ4n) is 2.25. The second kappa shape index (κ2) is 7.88. The molecule has 112 valence electrons. The second-order valence-electron chi connectivity index (χ2n) is 5.15. The Kier molecular flexibility index (Phi) is 6.49. The van der Waals surface area contributed by atoms with Gasteiger partial charge in [0.2, 0.25) is 0 Å². The Bertz CT molecular complexity index is 419. The average molecular weight is 277 g/mol. The van der Waals surface area contributed by atoms with E-state index in [1.807, 2.05) is 12.1 Å². The second-order valence-corrected chi connectivity index (χ2v) is 5.15. The summed E-state index contributed by atoms with van der Waals surface area (Å²) in [5, 5.41) is 6.42. The first-order chi connectivity index (χ1) is 9.60. The van der Waals surface area contributed by atoms with Gasteiger partial charge in [-0.1, -0.05) is 27.7 Å². The minimum atomic E-state index is -0.119. The lowest BCUT2D eigenvalue weighted by molar-refractivity contribution is 0.0883. The smallest absolute Gasteiger partial charge is 0.270 e. The highest BCUT2D eigenvalue weighted by Gasteiger charge is 2.26. The van der Waals surface area contributed by atoms with E-state index in [9.17, 15) is 4.79 Å². The van der Waals surface area contributed by atoms with Crippen molar-refractivity contribution in [2.24, 2.45) is 0 Å². The van der Waals surface area contributed by atoms with Crippen LogP contribution in [0.4, 0.5) is 5.69 Å². The Balaban J connectivity index is 2.81. The number of pyridine rings is 1. The van der Waals surface area contributed by atoms with Gasteiger partial charge in [-0.25, -0.2) is 0 Å². The van der Waals surface area contributed by atoms with Crippen molar-refractivity contribution in [3.05, 3.63) is 24.0 Å². The molecule has 4 heteroatoms. The molecule has 0 atom stereocenters. The molecule has 0 fully saturated rings. The minimum absolute atomic E-state index is 0.0873. The van der Waals surface area contributed by atoms with E-state index in [4.69, 9.17) is 0 Å². The predicted octanol–water partition coefficient (Wildman–Crippen LogP) is 3.60. The molecule has 1 rings (SSSR count). The molecular formula is C16H27N3O. The van der Waals surface area contributed by atoms with Crippen LogP contribution in [0.1, 0.15) is 63.9 Å². The van der Waals surface area contributed by atoms with Crippen LogP contribution in [0.3, 0.4) is 0 Å². The SMILES string of the molecule is CCCNc1ccnc(C(=O)NC(CC)(CC)CC)c1. The Morgan fingerprint density at radius 1 is 1.20 bits per heavy atom. The summed E-state index contributed by atoms with van der Waals surface area (Å²) in [5.41, 5.74) is 1.30. The third-order valence-electron chi connectivity index (χ3n) is 3.98. The normalized spacial score (nSPS) is 11.2. The van der Waals surface area contributed by atoms with Gasteiger partial charge < -0.3 is 10.6 Å². The zero-order valence-corrected chi connectivity index (χ0v) is 13.1. The Morgan fingerprint density at radius 2 is 1.85 bits per heavy atom. The summed E-state index contributed by atoms with van der Waals surface area (Å²) >= 11 is 0. The average Bonchev–Trinajstić information content (AvgIpc) is 2.51. The molecule has 2 N–H and O–H groups in total. The van der Waals surface area contributed by atoms with Crippen molar-refractivity contribution in [2.75, 3.05) is 11.9 Å². The van der Waals surface area contributed by atoms with Crippen LogP contribution >= 0.6 is 0 Å². The quantitative estimate of drug-likeness (QED) is 0.763. The lowest BCUT2D eigenvalue weighted by Gasteiger charge is -2.31. The number of carbonyl (C=O) groups excluding carboxylic acids is 1. The van der Waals surface area contributed by atoms with Crippen molar-refractivity contribution >= 4 is 11.6 Å². The molecule has 1 aromatic heterocycles. The molecule has 0 aromatic carbocycles. The highest BCUT2D eigenvalue weighted by molar-refractivity contribution is 5.93. The van der Waals surface area contributed by atoms with E-state index in [-0.39, 0.29) is 11.4 Å². The molecule has 1 heterocycles. The van der Waals surface area contributed by atoms with Gasteiger partial charge in [0.1, 0.15) is 5.69 Å². The number of rotatable bonds is 8. The van der Waals surface area contributed by atoms with Gasteiger partial charge in [-0.2, -0.15) is 0 Å². The molecule has 0 spiro atoms. The first-order valence-corrected chi connectivity index (χ1v) is 7.63. The summed E-state index contributed by atoms with van der Waals surface area (Å²) in [7, 11) is 0.